The maximum atomic E-state index is 12.8. The van der Waals surface area contributed by atoms with Gasteiger partial charge in [0.1, 0.15) is 0 Å². The molecule has 0 aromatic heterocycles. The van der Waals surface area contributed by atoms with E-state index in [1.807, 2.05) is 6.07 Å². The van der Waals surface area contributed by atoms with Crippen molar-refractivity contribution in [3.05, 3.63) is 93.0 Å². The zero-order valence-electron chi connectivity index (χ0n) is 17.5. The van der Waals surface area contributed by atoms with Crippen LogP contribution in [0.3, 0.4) is 0 Å². The van der Waals surface area contributed by atoms with Crippen LogP contribution in [0.2, 0.25) is 14.8 Å². The molecule has 3 aromatic rings. The summed E-state index contributed by atoms with van der Waals surface area (Å²) >= 11 is -2.33. The molecule has 4 rings (SSSR count). The molecule has 0 saturated heterocycles. The molecule has 1 aliphatic carbocycles. The molecule has 156 valence electrons. The molecule has 0 unspecified atom stereocenters. The second-order valence-electron chi connectivity index (χ2n) is 8.60. The molecule has 0 radical (unpaired) electrons. The van der Waals surface area contributed by atoms with Crippen molar-refractivity contribution in [3.63, 3.8) is 0 Å². The van der Waals surface area contributed by atoms with Gasteiger partial charge in [0, 0.05) is 0 Å². The minimum absolute atomic E-state index is 0.00602. The van der Waals surface area contributed by atoms with Crippen molar-refractivity contribution in [2.45, 2.75) is 21.4 Å². The van der Waals surface area contributed by atoms with Crippen LogP contribution >= 0.6 is 0 Å². The molecule has 7 heteroatoms. The standard InChI is InChI=1S/C21H12NO5.3CH3.Sn/c23-20-17-4-2-1-3-16(17)19-11-14(7-10-18(19)20)21(24)27-12-13-5-8-15(9-6-13)22(25)26;;;;/h2-11H,12H2;3*1H3;. The molecule has 0 heterocycles. The van der Waals surface area contributed by atoms with Crippen molar-refractivity contribution in [3.8, 4) is 11.1 Å². The van der Waals surface area contributed by atoms with Crippen LogP contribution in [0, 0.1) is 10.1 Å². The van der Waals surface area contributed by atoms with Gasteiger partial charge in [0.2, 0.25) is 0 Å². The van der Waals surface area contributed by atoms with Gasteiger partial charge in [0.05, 0.1) is 4.92 Å². The monoisotopic (exact) mass is 523 g/mol. The predicted molar refractivity (Wildman–Crippen MR) is 121 cm³/mol. The summed E-state index contributed by atoms with van der Waals surface area (Å²) in [6.07, 6.45) is 0. The number of hydrogen-bond acceptors (Lipinski definition) is 5. The minimum atomic E-state index is -2.33. The van der Waals surface area contributed by atoms with E-state index in [1.54, 1.807) is 30.3 Å². The summed E-state index contributed by atoms with van der Waals surface area (Å²) in [6.45, 7) is 0.00602. The number of nitro benzene ring substituents is 1. The van der Waals surface area contributed by atoms with E-state index in [2.05, 4.69) is 27.0 Å². The normalized spacial score (nSPS) is 12.3. The molecule has 0 saturated carbocycles. The number of nitro groups is 1. The Bertz CT molecular complexity index is 1230. The Kier molecular flexibility index (Phi) is 5.43. The average molecular weight is 522 g/mol. The summed E-state index contributed by atoms with van der Waals surface area (Å²) in [5.41, 5.74) is 3.93. The maximum absolute atomic E-state index is 12.8. The van der Waals surface area contributed by atoms with E-state index in [0.717, 1.165) is 11.1 Å². The van der Waals surface area contributed by atoms with E-state index in [-0.39, 0.29) is 18.1 Å². The van der Waals surface area contributed by atoms with Gasteiger partial charge in [-0.05, 0) is 0 Å². The Hall–Kier alpha value is -3.00. The first kappa shape index (κ1) is 21.2. The predicted octanol–water partition coefficient (Wildman–Crippen LogP) is 4.71. The van der Waals surface area contributed by atoms with Crippen LogP contribution in [0.15, 0.2) is 60.7 Å². The van der Waals surface area contributed by atoms with Gasteiger partial charge < -0.3 is 0 Å². The number of non-ortho nitro benzene ring substituents is 1. The second kappa shape index (κ2) is 7.92. The van der Waals surface area contributed by atoms with Crippen LogP contribution in [0.1, 0.15) is 31.8 Å². The van der Waals surface area contributed by atoms with Crippen molar-refractivity contribution < 1.29 is 19.2 Å². The molecule has 0 bridgehead atoms. The average Bonchev–Trinajstić information content (AvgIpc) is 3.03. The van der Waals surface area contributed by atoms with E-state index in [0.29, 0.717) is 22.3 Å². The van der Waals surface area contributed by atoms with Gasteiger partial charge in [-0.3, -0.25) is 10.1 Å². The van der Waals surface area contributed by atoms with Crippen LogP contribution in [0.5, 0.6) is 0 Å². The number of carbonyl (C=O) groups is 2. The number of carbonyl (C=O) groups excluding carboxylic acids is 2. The third-order valence-corrected chi connectivity index (χ3v) is 11.3. The summed E-state index contributed by atoms with van der Waals surface area (Å²) < 4.78 is 6.70. The Balaban J connectivity index is 1.58. The number of fused-ring (bicyclic) bond motifs is 3. The van der Waals surface area contributed by atoms with Crippen LogP contribution in [-0.2, 0) is 11.3 Å². The molecule has 0 amide bonds. The third kappa shape index (κ3) is 4.12. The number of esters is 1. The van der Waals surface area contributed by atoms with Gasteiger partial charge in [-0.2, -0.15) is 0 Å². The topological polar surface area (TPSA) is 86.5 Å². The van der Waals surface area contributed by atoms with Crippen molar-refractivity contribution in [1.29, 1.82) is 0 Å². The van der Waals surface area contributed by atoms with Crippen LogP contribution in [0.4, 0.5) is 5.69 Å². The first-order valence-corrected chi connectivity index (χ1v) is 19.9. The Morgan fingerprint density at radius 1 is 0.903 bits per heavy atom. The van der Waals surface area contributed by atoms with Gasteiger partial charge >= 0.3 is 164 Å². The Labute approximate surface area is 183 Å². The summed E-state index contributed by atoms with van der Waals surface area (Å²) in [7, 11) is 0. The summed E-state index contributed by atoms with van der Waals surface area (Å²) in [4.78, 5) is 42.6. The summed E-state index contributed by atoms with van der Waals surface area (Å²) in [5, 5.41) is 10.7. The van der Waals surface area contributed by atoms with Crippen molar-refractivity contribution in [1.82, 2.24) is 0 Å². The fourth-order valence-electron chi connectivity index (χ4n) is 3.61. The van der Waals surface area contributed by atoms with E-state index >= 15 is 0 Å². The first-order valence-electron chi connectivity index (χ1n) is 9.89. The van der Waals surface area contributed by atoms with Gasteiger partial charge in [0.15, 0.2) is 0 Å². The van der Waals surface area contributed by atoms with Crippen LogP contribution < -0.4 is 3.58 Å². The molecule has 1 aliphatic rings. The Morgan fingerprint density at radius 3 is 2.13 bits per heavy atom. The zero-order valence-corrected chi connectivity index (χ0v) is 20.3. The quantitative estimate of drug-likeness (QED) is 0.164. The van der Waals surface area contributed by atoms with Crippen molar-refractivity contribution in [2.24, 2.45) is 0 Å². The summed E-state index contributed by atoms with van der Waals surface area (Å²) in [5.74, 6) is -0.528. The van der Waals surface area contributed by atoms with Gasteiger partial charge in [-0.25, -0.2) is 0 Å². The number of benzene rings is 3. The second-order valence-corrected chi connectivity index (χ2v) is 23.1. The van der Waals surface area contributed by atoms with E-state index in [4.69, 9.17) is 4.74 Å². The molecule has 0 atom stereocenters. The Morgan fingerprint density at radius 2 is 1.52 bits per heavy atom. The van der Waals surface area contributed by atoms with E-state index < -0.39 is 29.3 Å². The molecule has 3 aromatic carbocycles. The number of ether oxygens (including phenoxy) is 1. The van der Waals surface area contributed by atoms with Crippen LogP contribution in [0.25, 0.3) is 11.1 Å². The van der Waals surface area contributed by atoms with Gasteiger partial charge in [0.25, 0.3) is 5.69 Å². The molecule has 6 nitrogen and oxygen atoms in total. The van der Waals surface area contributed by atoms with Gasteiger partial charge in [-0.1, -0.05) is 0 Å². The molecular formula is C24H21NO5Sn. The van der Waals surface area contributed by atoms with E-state index in [1.165, 1.54) is 15.7 Å². The first-order chi connectivity index (χ1) is 14.6. The number of rotatable bonds is 5. The fourth-order valence-corrected chi connectivity index (χ4v) is 6.93. The third-order valence-electron chi connectivity index (χ3n) is 5.44. The van der Waals surface area contributed by atoms with Crippen molar-refractivity contribution in [2.75, 3.05) is 0 Å². The van der Waals surface area contributed by atoms with Crippen molar-refractivity contribution >= 4 is 39.4 Å². The zero-order chi connectivity index (χ0) is 22.3. The molecule has 31 heavy (non-hydrogen) atoms. The number of ketones is 1. The SMILES string of the molecule is [CH3][Sn]([CH3])([CH3])[c]1ccc2c(c1)-c1cc(C(=O)OCc3ccc([N+](=O)[O-])cc3)ccc1C2=O. The van der Waals surface area contributed by atoms with Crippen LogP contribution in [-0.4, -0.2) is 35.1 Å². The number of hydrogen-bond donors (Lipinski definition) is 0. The molecule has 0 fully saturated rings. The molecule has 0 spiro atoms. The van der Waals surface area contributed by atoms with E-state index in [9.17, 15) is 19.7 Å². The fraction of sp³-hybridized carbons (Fsp3) is 0.167. The molecule has 0 aliphatic heterocycles. The van der Waals surface area contributed by atoms with Gasteiger partial charge in [-0.15, -0.1) is 0 Å². The number of nitrogens with zero attached hydrogens (tertiary/aromatic N) is 1. The molecular weight excluding hydrogens is 501 g/mol. The molecule has 0 N–H and O–H groups in total. The summed E-state index contributed by atoms with van der Waals surface area (Å²) in [6, 6.07) is 17.0.